The molecule has 0 aliphatic carbocycles. The number of carbonyl (C=O) groups excluding carboxylic acids is 2. The highest BCUT2D eigenvalue weighted by Gasteiger charge is 2.23. The lowest BCUT2D eigenvalue weighted by molar-refractivity contribution is -0.137. The second-order valence-corrected chi connectivity index (χ2v) is 4.41. The van der Waals surface area contributed by atoms with Crippen LogP contribution in [-0.2, 0) is 14.3 Å². The van der Waals surface area contributed by atoms with Crippen LogP contribution in [0.2, 0.25) is 0 Å². The van der Waals surface area contributed by atoms with Crippen molar-refractivity contribution in [2.24, 2.45) is 5.92 Å². The van der Waals surface area contributed by atoms with Crippen LogP contribution in [0.3, 0.4) is 0 Å². The Morgan fingerprint density at radius 2 is 2.05 bits per heavy atom. The standard InChI is InChI=1S/C11H19N3O5/c1-7(8-2-3-19-6-8)14-11(18)13-4-9(15)12-5-10(16)17/h7-8H,2-6H2,1H3,(H,12,15)(H,16,17)(H2,13,14,18). The summed E-state index contributed by atoms with van der Waals surface area (Å²) in [7, 11) is 0. The number of hydrogen-bond acceptors (Lipinski definition) is 4. The molecular formula is C11H19N3O5. The number of hydrogen-bond donors (Lipinski definition) is 4. The second kappa shape index (κ2) is 7.57. The quantitative estimate of drug-likeness (QED) is 0.490. The number of carboxylic acid groups (broad SMARTS) is 1. The minimum absolute atomic E-state index is 0.0374. The van der Waals surface area contributed by atoms with Crippen molar-refractivity contribution >= 4 is 17.9 Å². The van der Waals surface area contributed by atoms with Gasteiger partial charge >= 0.3 is 12.0 Å². The summed E-state index contributed by atoms with van der Waals surface area (Å²) >= 11 is 0. The number of carbonyl (C=O) groups is 3. The molecule has 3 amide bonds. The second-order valence-electron chi connectivity index (χ2n) is 4.41. The zero-order chi connectivity index (χ0) is 14.3. The Morgan fingerprint density at radius 1 is 1.32 bits per heavy atom. The Bertz CT molecular complexity index is 341. The Hall–Kier alpha value is -1.83. The van der Waals surface area contributed by atoms with Crippen LogP contribution in [-0.4, -0.2) is 55.4 Å². The number of aliphatic carboxylic acids is 1. The molecule has 0 spiro atoms. The van der Waals surface area contributed by atoms with E-state index < -0.39 is 24.5 Å². The smallest absolute Gasteiger partial charge is 0.322 e. The molecule has 8 nitrogen and oxygen atoms in total. The van der Waals surface area contributed by atoms with Gasteiger partial charge in [0.1, 0.15) is 6.54 Å². The zero-order valence-electron chi connectivity index (χ0n) is 10.8. The van der Waals surface area contributed by atoms with Crippen LogP contribution in [0.4, 0.5) is 4.79 Å². The Kier molecular flexibility index (Phi) is 6.07. The molecule has 108 valence electrons. The maximum absolute atomic E-state index is 11.5. The van der Waals surface area contributed by atoms with E-state index in [2.05, 4.69) is 16.0 Å². The highest BCUT2D eigenvalue weighted by atomic mass is 16.5. The summed E-state index contributed by atoms with van der Waals surface area (Å²) in [6, 6.07) is -0.491. The molecule has 1 aliphatic heterocycles. The molecule has 0 aromatic rings. The van der Waals surface area contributed by atoms with E-state index in [0.717, 1.165) is 6.42 Å². The van der Waals surface area contributed by atoms with Crippen molar-refractivity contribution < 1.29 is 24.2 Å². The Balaban J connectivity index is 2.16. The van der Waals surface area contributed by atoms with Crippen molar-refractivity contribution in [1.82, 2.24) is 16.0 Å². The van der Waals surface area contributed by atoms with E-state index >= 15 is 0 Å². The monoisotopic (exact) mass is 273 g/mol. The predicted octanol–water partition coefficient (Wildman–Crippen LogP) is -1.09. The average Bonchev–Trinajstić information content (AvgIpc) is 2.87. The summed E-state index contributed by atoms with van der Waals surface area (Å²) in [6.07, 6.45) is 0.903. The third-order valence-electron chi connectivity index (χ3n) is 2.88. The topological polar surface area (TPSA) is 117 Å². The molecule has 0 radical (unpaired) electrons. The van der Waals surface area contributed by atoms with Crippen molar-refractivity contribution in [3.8, 4) is 0 Å². The van der Waals surface area contributed by atoms with Crippen molar-refractivity contribution in [2.75, 3.05) is 26.3 Å². The molecule has 1 aliphatic rings. The summed E-state index contributed by atoms with van der Waals surface area (Å²) in [6.45, 7) is 2.49. The predicted molar refractivity (Wildman–Crippen MR) is 65.6 cm³/mol. The summed E-state index contributed by atoms with van der Waals surface area (Å²) in [4.78, 5) is 32.9. The Labute approximate surface area is 110 Å². The van der Waals surface area contributed by atoms with E-state index in [9.17, 15) is 14.4 Å². The first kappa shape index (κ1) is 15.2. The number of urea groups is 1. The molecule has 19 heavy (non-hydrogen) atoms. The van der Waals surface area contributed by atoms with Crippen LogP contribution in [0.1, 0.15) is 13.3 Å². The molecule has 1 saturated heterocycles. The normalized spacial score (nSPS) is 19.5. The van der Waals surface area contributed by atoms with Gasteiger partial charge in [-0.15, -0.1) is 0 Å². The molecule has 0 aromatic carbocycles. The fourth-order valence-electron chi connectivity index (χ4n) is 1.72. The van der Waals surface area contributed by atoms with Crippen molar-refractivity contribution in [3.63, 3.8) is 0 Å². The van der Waals surface area contributed by atoms with Crippen LogP contribution in [0.5, 0.6) is 0 Å². The van der Waals surface area contributed by atoms with Crippen LogP contribution in [0.25, 0.3) is 0 Å². The molecule has 2 unspecified atom stereocenters. The van der Waals surface area contributed by atoms with Gasteiger partial charge in [0.25, 0.3) is 0 Å². The molecule has 0 bridgehead atoms. The molecule has 8 heteroatoms. The van der Waals surface area contributed by atoms with Gasteiger partial charge < -0.3 is 25.8 Å². The highest BCUT2D eigenvalue weighted by Crippen LogP contribution is 2.15. The van der Waals surface area contributed by atoms with Gasteiger partial charge in [-0.3, -0.25) is 9.59 Å². The van der Waals surface area contributed by atoms with Gasteiger partial charge in [0.2, 0.25) is 5.91 Å². The summed E-state index contributed by atoms with van der Waals surface area (Å²) in [5.74, 6) is -1.39. The van der Waals surface area contributed by atoms with E-state index in [-0.39, 0.29) is 18.5 Å². The van der Waals surface area contributed by atoms with Crippen molar-refractivity contribution in [2.45, 2.75) is 19.4 Å². The SMILES string of the molecule is CC(NC(=O)NCC(=O)NCC(=O)O)C1CCOC1. The molecular weight excluding hydrogens is 254 g/mol. The van der Waals surface area contributed by atoms with Crippen LogP contribution in [0.15, 0.2) is 0 Å². The van der Waals surface area contributed by atoms with E-state index in [1.165, 1.54) is 0 Å². The number of amides is 3. The third-order valence-corrected chi connectivity index (χ3v) is 2.88. The highest BCUT2D eigenvalue weighted by molar-refractivity contribution is 5.86. The molecule has 0 aromatic heterocycles. The molecule has 4 N–H and O–H groups in total. The number of nitrogens with one attached hydrogen (secondary N) is 3. The van der Waals surface area contributed by atoms with Crippen LogP contribution in [0, 0.1) is 5.92 Å². The summed E-state index contributed by atoms with van der Waals surface area (Å²) in [5, 5.41) is 15.6. The lowest BCUT2D eigenvalue weighted by Gasteiger charge is -2.19. The lowest BCUT2D eigenvalue weighted by atomic mass is 10.0. The molecule has 1 fully saturated rings. The Morgan fingerprint density at radius 3 is 2.63 bits per heavy atom. The molecule has 2 atom stereocenters. The lowest BCUT2D eigenvalue weighted by Crippen LogP contribution is -2.47. The van der Waals surface area contributed by atoms with Crippen LogP contribution >= 0.6 is 0 Å². The number of carboxylic acids is 1. The molecule has 0 saturated carbocycles. The van der Waals surface area contributed by atoms with Gasteiger partial charge in [0.05, 0.1) is 13.2 Å². The van der Waals surface area contributed by atoms with E-state index in [1.807, 2.05) is 6.92 Å². The van der Waals surface area contributed by atoms with Gasteiger partial charge in [-0.1, -0.05) is 0 Å². The first-order valence-electron chi connectivity index (χ1n) is 6.09. The fourth-order valence-corrected chi connectivity index (χ4v) is 1.72. The zero-order valence-corrected chi connectivity index (χ0v) is 10.8. The first-order valence-corrected chi connectivity index (χ1v) is 6.09. The maximum Gasteiger partial charge on any atom is 0.322 e. The van der Waals surface area contributed by atoms with Gasteiger partial charge in [0.15, 0.2) is 0 Å². The van der Waals surface area contributed by atoms with Crippen molar-refractivity contribution in [1.29, 1.82) is 0 Å². The largest absolute Gasteiger partial charge is 0.480 e. The maximum atomic E-state index is 11.5. The molecule has 1 rings (SSSR count). The van der Waals surface area contributed by atoms with Crippen LogP contribution < -0.4 is 16.0 Å². The minimum Gasteiger partial charge on any atom is -0.480 e. The minimum atomic E-state index is -1.13. The van der Waals surface area contributed by atoms with Gasteiger partial charge in [0, 0.05) is 18.6 Å². The van der Waals surface area contributed by atoms with Gasteiger partial charge in [-0.2, -0.15) is 0 Å². The van der Waals surface area contributed by atoms with E-state index in [4.69, 9.17) is 9.84 Å². The van der Waals surface area contributed by atoms with Gasteiger partial charge in [-0.05, 0) is 13.3 Å². The first-order chi connectivity index (χ1) is 8.99. The third kappa shape index (κ3) is 6.05. The summed E-state index contributed by atoms with van der Waals surface area (Å²) < 4.78 is 5.22. The molecule has 1 heterocycles. The fraction of sp³-hybridized carbons (Fsp3) is 0.727. The van der Waals surface area contributed by atoms with Gasteiger partial charge in [-0.25, -0.2) is 4.79 Å². The van der Waals surface area contributed by atoms with E-state index in [0.29, 0.717) is 13.2 Å². The number of rotatable bonds is 6. The van der Waals surface area contributed by atoms with Crippen molar-refractivity contribution in [3.05, 3.63) is 0 Å². The number of ether oxygens (including phenoxy) is 1. The summed E-state index contributed by atoms with van der Waals surface area (Å²) in [5.41, 5.74) is 0. The van der Waals surface area contributed by atoms with E-state index in [1.54, 1.807) is 0 Å². The average molecular weight is 273 g/mol.